The van der Waals surface area contributed by atoms with Crippen molar-refractivity contribution in [2.75, 3.05) is 7.05 Å². The average Bonchev–Trinajstić information content (AvgIpc) is 3.21. The van der Waals surface area contributed by atoms with E-state index in [1.807, 2.05) is 0 Å². The molecule has 0 saturated heterocycles. The summed E-state index contributed by atoms with van der Waals surface area (Å²) in [5.74, 6) is -0.374. The van der Waals surface area contributed by atoms with E-state index in [-0.39, 0.29) is 16.9 Å². The molecular weight excluding hydrogens is 363 g/mol. The smallest absolute Gasteiger partial charge is 0.265 e. The zero-order valence-corrected chi connectivity index (χ0v) is 14.7. The third-order valence-electron chi connectivity index (χ3n) is 4.81. The maximum absolute atomic E-state index is 13.8. The van der Waals surface area contributed by atoms with Crippen LogP contribution in [-0.4, -0.2) is 28.7 Å². The monoisotopic (exact) mass is 376 g/mol. The molecule has 0 atom stereocenters. The second-order valence-corrected chi connectivity index (χ2v) is 6.46. The fourth-order valence-corrected chi connectivity index (χ4v) is 3.42. The molecule has 1 N–H and O–H groups in total. The summed E-state index contributed by atoms with van der Waals surface area (Å²) in [7, 11) is 1.39. The van der Waals surface area contributed by atoms with Crippen LogP contribution in [0, 0.1) is 5.82 Å². The fourth-order valence-electron chi connectivity index (χ4n) is 3.42. The van der Waals surface area contributed by atoms with E-state index in [0.717, 1.165) is 4.90 Å². The predicted molar refractivity (Wildman–Crippen MR) is 98.7 cm³/mol. The summed E-state index contributed by atoms with van der Waals surface area (Å²) >= 11 is 0. The molecule has 0 spiro atoms. The zero-order valence-electron chi connectivity index (χ0n) is 14.7. The van der Waals surface area contributed by atoms with Gasteiger partial charge in [-0.3, -0.25) is 14.5 Å². The highest BCUT2D eigenvalue weighted by molar-refractivity contribution is 6.38. The number of imide groups is 1. The number of likely N-dealkylation sites (N-methyl/N-ethyl adjacent to an activating group) is 1. The lowest BCUT2D eigenvalue weighted by molar-refractivity contribution is -0.135. The number of para-hydroxylation sites is 2. The molecule has 0 radical (unpaired) electrons. The van der Waals surface area contributed by atoms with E-state index in [9.17, 15) is 14.0 Å². The van der Waals surface area contributed by atoms with Crippen molar-refractivity contribution in [1.29, 1.82) is 0 Å². The van der Waals surface area contributed by atoms with Gasteiger partial charge in [0.05, 0.1) is 11.1 Å². The molecule has 1 aromatic heterocycles. The first kappa shape index (κ1) is 16.3. The predicted octanol–water partition coefficient (Wildman–Crippen LogP) is 3.37. The van der Waals surface area contributed by atoms with Gasteiger partial charge < -0.3 is 14.5 Å². The molecule has 0 saturated carbocycles. The van der Waals surface area contributed by atoms with Crippen molar-refractivity contribution >= 4 is 28.3 Å². The van der Waals surface area contributed by atoms with Crippen LogP contribution in [0.15, 0.2) is 66.3 Å². The second-order valence-electron chi connectivity index (χ2n) is 6.46. The normalized spacial score (nSPS) is 16.2. The van der Waals surface area contributed by atoms with Crippen molar-refractivity contribution in [3.8, 4) is 11.5 Å². The second kappa shape index (κ2) is 5.82. The number of hydrogen-bond acceptors (Lipinski definition) is 4. The number of amides is 2. The SMILES string of the molecule is CN1C(=O)C(C2=COc3ccccc3O2)=C(c2c[nH]c3ccc(F)cc23)C1=O. The van der Waals surface area contributed by atoms with Crippen molar-refractivity contribution in [1.82, 2.24) is 9.88 Å². The molecule has 2 aromatic carbocycles. The van der Waals surface area contributed by atoms with Gasteiger partial charge in [-0.1, -0.05) is 12.1 Å². The third-order valence-corrected chi connectivity index (χ3v) is 4.81. The van der Waals surface area contributed by atoms with Crippen molar-refractivity contribution < 1.29 is 23.5 Å². The van der Waals surface area contributed by atoms with E-state index in [2.05, 4.69) is 4.98 Å². The fraction of sp³-hybridized carbons (Fsp3) is 0.0476. The minimum atomic E-state index is -0.514. The highest BCUT2D eigenvalue weighted by Crippen LogP contribution is 2.40. The van der Waals surface area contributed by atoms with Crippen LogP contribution in [0.4, 0.5) is 4.39 Å². The van der Waals surface area contributed by atoms with E-state index in [0.29, 0.717) is 28.0 Å². The van der Waals surface area contributed by atoms with Gasteiger partial charge in [0.25, 0.3) is 11.8 Å². The van der Waals surface area contributed by atoms with Gasteiger partial charge in [0.1, 0.15) is 12.1 Å². The third kappa shape index (κ3) is 2.26. The van der Waals surface area contributed by atoms with Crippen LogP contribution >= 0.6 is 0 Å². The summed E-state index contributed by atoms with van der Waals surface area (Å²) in [5, 5.41) is 0.502. The molecule has 2 aliphatic heterocycles. The Morgan fingerprint density at radius 1 is 1.00 bits per heavy atom. The number of fused-ring (bicyclic) bond motifs is 2. The summed E-state index contributed by atoms with van der Waals surface area (Å²) < 4.78 is 25.2. The molecule has 7 heteroatoms. The molecule has 5 rings (SSSR count). The van der Waals surface area contributed by atoms with Crippen LogP contribution in [-0.2, 0) is 9.59 Å². The summed E-state index contributed by atoms with van der Waals surface area (Å²) in [4.78, 5) is 29.7. The molecule has 0 fully saturated rings. The Bertz CT molecular complexity index is 1240. The topological polar surface area (TPSA) is 71.6 Å². The van der Waals surface area contributed by atoms with Gasteiger partial charge in [-0.2, -0.15) is 0 Å². The van der Waals surface area contributed by atoms with Crippen molar-refractivity contribution in [2.24, 2.45) is 0 Å². The first-order chi connectivity index (χ1) is 13.5. The Morgan fingerprint density at radius 2 is 1.75 bits per heavy atom. The molecule has 28 heavy (non-hydrogen) atoms. The summed E-state index contributed by atoms with van der Waals surface area (Å²) in [6.07, 6.45) is 2.89. The van der Waals surface area contributed by atoms with Crippen LogP contribution < -0.4 is 9.47 Å². The Kier molecular flexibility index (Phi) is 3.39. The highest BCUT2D eigenvalue weighted by Gasteiger charge is 2.41. The Morgan fingerprint density at radius 3 is 2.57 bits per heavy atom. The van der Waals surface area contributed by atoms with Crippen LogP contribution in [0.3, 0.4) is 0 Å². The van der Waals surface area contributed by atoms with Gasteiger partial charge in [0.15, 0.2) is 17.3 Å². The minimum absolute atomic E-state index is 0.0761. The molecule has 0 bridgehead atoms. The molecule has 3 aromatic rings. The Hall–Kier alpha value is -3.87. The van der Waals surface area contributed by atoms with Gasteiger partial charge in [-0.25, -0.2) is 4.39 Å². The number of hydrogen-bond donors (Lipinski definition) is 1. The Balaban J connectivity index is 1.71. The number of aromatic nitrogens is 1. The van der Waals surface area contributed by atoms with Crippen LogP contribution in [0.5, 0.6) is 11.5 Å². The number of benzene rings is 2. The molecule has 0 unspecified atom stereocenters. The molecule has 3 heterocycles. The van der Waals surface area contributed by atoms with E-state index < -0.39 is 17.6 Å². The van der Waals surface area contributed by atoms with Crippen molar-refractivity contribution in [2.45, 2.75) is 0 Å². The maximum Gasteiger partial charge on any atom is 0.265 e. The Labute approximate surface area is 158 Å². The lowest BCUT2D eigenvalue weighted by Crippen LogP contribution is -2.27. The van der Waals surface area contributed by atoms with Gasteiger partial charge >= 0.3 is 0 Å². The number of ether oxygens (including phenoxy) is 2. The van der Waals surface area contributed by atoms with Crippen molar-refractivity contribution in [3.05, 3.63) is 77.6 Å². The zero-order chi connectivity index (χ0) is 19.4. The van der Waals surface area contributed by atoms with Crippen LogP contribution in [0.2, 0.25) is 0 Å². The van der Waals surface area contributed by atoms with Crippen molar-refractivity contribution in [3.63, 3.8) is 0 Å². The number of rotatable bonds is 2. The number of halogens is 1. The average molecular weight is 376 g/mol. The number of nitrogens with zero attached hydrogens (tertiary/aromatic N) is 1. The summed E-state index contributed by atoms with van der Waals surface area (Å²) in [6, 6.07) is 11.2. The van der Waals surface area contributed by atoms with Gasteiger partial charge in [-0.05, 0) is 30.3 Å². The molecule has 2 amide bonds. The summed E-state index contributed by atoms with van der Waals surface area (Å²) in [5.41, 5.74) is 1.29. The highest BCUT2D eigenvalue weighted by atomic mass is 19.1. The number of carbonyl (C=O) groups excluding carboxylic acids is 2. The maximum atomic E-state index is 13.8. The quantitative estimate of drug-likeness (QED) is 0.696. The van der Waals surface area contributed by atoms with Crippen LogP contribution in [0.25, 0.3) is 16.5 Å². The lowest BCUT2D eigenvalue weighted by Gasteiger charge is -2.18. The van der Waals surface area contributed by atoms with Gasteiger partial charge in [0, 0.05) is 29.7 Å². The van der Waals surface area contributed by atoms with E-state index in [4.69, 9.17) is 9.47 Å². The van der Waals surface area contributed by atoms with E-state index in [1.165, 1.54) is 25.4 Å². The molecule has 2 aliphatic rings. The largest absolute Gasteiger partial charge is 0.457 e. The first-order valence-electron chi connectivity index (χ1n) is 8.52. The van der Waals surface area contributed by atoms with Crippen LogP contribution in [0.1, 0.15) is 5.56 Å². The number of carbonyl (C=O) groups is 2. The number of H-pyrrole nitrogens is 1. The standard InChI is InChI=1S/C21H13FN2O4/c1-24-20(25)18(13-9-23-14-7-6-11(22)8-12(13)14)19(21(24)26)17-10-27-15-4-2-3-5-16(15)28-17/h2-10,23H,1H3. The molecule has 0 aliphatic carbocycles. The van der Waals surface area contributed by atoms with Gasteiger partial charge in [-0.15, -0.1) is 0 Å². The summed E-state index contributed by atoms with van der Waals surface area (Å²) in [6.45, 7) is 0. The van der Waals surface area contributed by atoms with Gasteiger partial charge in [0.2, 0.25) is 0 Å². The molecule has 6 nitrogen and oxygen atoms in total. The number of aromatic amines is 1. The number of nitrogens with one attached hydrogen (secondary N) is 1. The molecular formula is C21H13FN2O4. The molecule has 138 valence electrons. The van der Waals surface area contributed by atoms with E-state index in [1.54, 1.807) is 36.5 Å². The first-order valence-corrected chi connectivity index (χ1v) is 8.52. The minimum Gasteiger partial charge on any atom is -0.457 e. The van der Waals surface area contributed by atoms with E-state index >= 15 is 0 Å². The lowest BCUT2D eigenvalue weighted by atomic mass is 9.99.